The Balaban J connectivity index is 0.00000420. The second kappa shape index (κ2) is 13.2. The summed E-state index contributed by atoms with van der Waals surface area (Å²) in [4.78, 5) is 23.5. The van der Waals surface area contributed by atoms with Crippen LogP contribution in [0.3, 0.4) is 0 Å². The molecular weight excluding hydrogens is 458 g/mol. The molecule has 0 heterocycles. The van der Waals surface area contributed by atoms with Gasteiger partial charge in [-0.2, -0.15) is 0 Å². The Morgan fingerprint density at radius 1 is 1.10 bits per heavy atom. The molecule has 0 aliphatic heterocycles. The van der Waals surface area contributed by atoms with Crippen LogP contribution in [0.1, 0.15) is 36.9 Å². The van der Waals surface area contributed by atoms with Gasteiger partial charge in [-0.05, 0) is 43.0 Å². The first-order chi connectivity index (χ1) is 13.5. The van der Waals surface area contributed by atoms with Gasteiger partial charge in [0, 0.05) is 17.1 Å². The summed E-state index contributed by atoms with van der Waals surface area (Å²) in [6.45, 7) is 2.62. The fourth-order valence-corrected chi connectivity index (χ4v) is 2.99. The predicted octanol–water partition coefficient (Wildman–Crippen LogP) is 4.08. The van der Waals surface area contributed by atoms with E-state index in [-0.39, 0.29) is 25.1 Å². The number of alkyl carbamates (subject to hydrolysis) is 1. The van der Waals surface area contributed by atoms with Crippen LogP contribution >= 0.6 is 28.3 Å². The highest BCUT2D eigenvalue weighted by atomic mass is 79.9. The summed E-state index contributed by atoms with van der Waals surface area (Å²) in [6.07, 6.45) is 0.652. The van der Waals surface area contributed by atoms with Gasteiger partial charge in [0.15, 0.2) is 0 Å². The van der Waals surface area contributed by atoms with E-state index in [0.717, 1.165) is 15.6 Å². The second-order valence-electron chi connectivity index (χ2n) is 6.53. The van der Waals surface area contributed by atoms with E-state index in [4.69, 9.17) is 10.5 Å². The normalized spacial score (nSPS) is 12.3. The van der Waals surface area contributed by atoms with Crippen molar-refractivity contribution in [3.8, 4) is 0 Å². The van der Waals surface area contributed by atoms with Gasteiger partial charge < -0.3 is 15.8 Å². The number of rotatable bonds is 10. The smallest absolute Gasteiger partial charge is 0.407 e. The Kier molecular flexibility index (Phi) is 11.3. The number of ether oxygens (including phenoxy) is 1. The van der Waals surface area contributed by atoms with Crippen LogP contribution in [0.25, 0.3) is 0 Å². The van der Waals surface area contributed by atoms with E-state index >= 15 is 0 Å². The number of hydrogen-bond acceptors (Lipinski definition) is 4. The lowest BCUT2D eigenvalue weighted by Crippen LogP contribution is -2.43. The van der Waals surface area contributed by atoms with Gasteiger partial charge in [-0.15, -0.1) is 12.4 Å². The first-order valence-corrected chi connectivity index (χ1v) is 10.0. The number of hydrogen-bond donors (Lipinski definition) is 3. The molecule has 0 fully saturated rings. The van der Waals surface area contributed by atoms with Crippen LogP contribution in [0.2, 0.25) is 0 Å². The van der Waals surface area contributed by atoms with Crippen LogP contribution in [0.4, 0.5) is 4.79 Å². The molecule has 29 heavy (non-hydrogen) atoms. The highest BCUT2D eigenvalue weighted by Gasteiger charge is 2.18. The van der Waals surface area contributed by atoms with E-state index in [1.54, 1.807) is 0 Å². The monoisotopic (exact) mass is 483 g/mol. The molecule has 0 aliphatic rings. The summed E-state index contributed by atoms with van der Waals surface area (Å²) in [7, 11) is 0. The lowest BCUT2D eigenvalue weighted by Gasteiger charge is -2.21. The molecule has 0 aliphatic carbocycles. The predicted molar refractivity (Wildman–Crippen MR) is 120 cm³/mol. The van der Waals surface area contributed by atoms with Gasteiger partial charge in [0.1, 0.15) is 6.61 Å². The maximum Gasteiger partial charge on any atom is 0.407 e. The van der Waals surface area contributed by atoms with Crippen molar-refractivity contribution < 1.29 is 14.3 Å². The molecule has 2 aromatic carbocycles. The van der Waals surface area contributed by atoms with E-state index in [1.165, 1.54) is 0 Å². The zero-order valence-corrected chi connectivity index (χ0v) is 18.7. The van der Waals surface area contributed by atoms with Crippen LogP contribution in [0.5, 0.6) is 0 Å². The number of halogens is 2. The molecule has 158 valence electrons. The third-order valence-electron chi connectivity index (χ3n) is 4.32. The van der Waals surface area contributed by atoms with Crippen molar-refractivity contribution in [1.29, 1.82) is 0 Å². The highest BCUT2D eigenvalue weighted by molar-refractivity contribution is 9.10. The summed E-state index contributed by atoms with van der Waals surface area (Å²) < 4.78 is 6.15. The van der Waals surface area contributed by atoms with Crippen molar-refractivity contribution in [3.63, 3.8) is 0 Å². The van der Waals surface area contributed by atoms with Crippen molar-refractivity contribution in [3.05, 3.63) is 70.2 Å². The highest BCUT2D eigenvalue weighted by Crippen LogP contribution is 2.17. The van der Waals surface area contributed by atoms with E-state index in [2.05, 4.69) is 26.6 Å². The topological polar surface area (TPSA) is 93.4 Å². The fourth-order valence-electron chi connectivity index (χ4n) is 2.73. The lowest BCUT2D eigenvalue weighted by molar-refractivity contribution is -0.120. The number of carbonyl (C=O) groups is 2. The SMILES string of the molecule is C[C@@H](N[C@H](CCCNC(=O)OCc1ccccc1)C(N)=O)c1ccc(Br)cc1.Cl. The number of nitrogens with two attached hydrogens (primary N) is 1. The standard InChI is InChI=1S/C21H26BrN3O3.ClH/c1-15(17-9-11-18(22)12-10-17)25-19(20(23)26)8-5-13-24-21(27)28-14-16-6-3-2-4-7-16;/h2-4,6-7,9-12,15,19,25H,5,8,13-14H2,1H3,(H2,23,26)(H,24,27);1H/t15-,19-;/m1./s1. The Morgan fingerprint density at radius 2 is 1.76 bits per heavy atom. The molecule has 0 saturated carbocycles. The van der Waals surface area contributed by atoms with Crippen molar-refractivity contribution >= 4 is 40.3 Å². The third kappa shape index (κ3) is 9.30. The molecule has 8 heteroatoms. The minimum atomic E-state index is -0.476. The lowest BCUT2D eigenvalue weighted by atomic mass is 10.1. The van der Waals surface area contributed by atoms with Crippen molar-refractivity contribution in [2.75, 3.05) is 6.54 Å². The molecule has 2 aromatic rings. The van der Waals surface area contributed by atoms with Gasteiger partial charge >= 0.3 is 6.09 Å². The first-order valence-electron chi connectivity index (χ1n) is 9.21. The minimum Gasteiger partial charge on any atom is -0.445 e. The Bertz CT molecular complexity index is 760. The molecule has 0 spiro atoms. The quantitative estimate of drug-likeness (QED) is 0.443. The van der Waals surface area contributed by atoms with Crippen LogP contribution in [-0.4, -0.2) is 24.6 Å². The van der Waals surface area contributed by atoms with Crippen LogP contribution < -0.4 is 16.4 Å². The van der Waals surface area contributed by atoms with Crippen LogP contribution in [0.15, 0.2) is 59.1 Å². The van der Waals surface area contributed by atoms with E-state index in [0.29, 0.717) is 19.4 Å². The zero-order chi connectivity index (χ0) is 20.4. The fraction of sp³-hybridized carbons (Fsp3) is 0.333. The average Bonchev–Trinajstić information content (AvgIpc) is 2.69. The van der Waals surface area contributed by atoms with Gasteiger partial charge in [0.2, 0.25) is 5.91 Å². The van der Waals surface area contributed by atoms with Crippen LogP contribution in [-0.2, 0) is 16.1 Å². The first kappa shape index (κ1) is 24.9. The molecule has 0 unspecified atom stereocenters. The van der Waals surface area contributed by atoms with Gasteiger partial charge in [-0.3, -0.25) is 10.1 Å². The Hall–Kier alpha value is -2.09. The molecule has 6 nitrogen and oxygen atoms in total. The molecule has 0 aromatic heterocycles. The van der Waals surface area contributed by atoms with E-state index < -0.39 is 18.0 Å². The maximum atomic E-state index is 11.7. The van der Waals surface area contributed by atoms with Gasteiger partial charge in [-0.1, -0.05) is 58.4 Å². The summed E-state index contributed by atoms with van der Waals surface area (Å²) in [5.41, 5.74) is 7.52. The molecule has 0 saturated heterocycles. The summed E-state index contributed by atoms with van der Waals surface area (Å²) in [6, 6.07) is 16.9. The number of amides is 2. The molecule has 4 N–H and O–H groups in total. The third-order valence-corrected chi connectivity index (χ3v) is 4.84. The molecule has 0 radical (unpaired) electrons. The Morgan fingerprint density at radius 3 is 2.38 bits per heavy atom. The average molecular weight is 485 g/mol. The van der Waals surface area contributed by atoms with Gasteiger partial charge in [-0.25, -0.2) is 4.79 Å². The van der Waals surface area contributed by atoms with Crippen LogP contribution in [0, 0.1) is 0 Å². The number of carbonyl (C=O) groups excluding carboxylic acids is 2. The van der Waals surface area contributed by atoms with Gasteiger partial charge in [0.05, 0.1) is 6.04 Å². The summed E-state index contributed by atoms with van der Waals surface area (Å²) in [5, 5.41) is 5.95. The molecule has 2 atom stereocenters. The van der Waals surface area contributed by atoms with Crippen molar-refractivity contribution in [1.82, 2.24) is 10.6 Å². The number of benzene rings is 2. The van der Waals surface area contributed by atoms with E-state index in [9.17, 15) is 9.59 Å². The molecule has 2 rings (SSSR count). The zero-order valence-electron chi connectivity index (χ0n) is 16.3. The summed E-state index contributed by atoms with van der Waals surface area (Å²) >= 11 is 3.41. The summed E-state index contributed by atoms with van der Waals surface area (Å²) in [5.74, 6) is -0.407. The maximum absolute atomic E-state index is 11.7. The molecular formula is C21H27BrClN3O3. The second-order valence-corrected chi connectivity index (χ2v) is 7.44. The van der Waals surface area contributed by atoms with Crippen molar-refractivity contribution in [2.45, 2.75) is 38.5 Å². The number of primary amides is 1. The minimum absolute atomic E-state index is 0. The molecule has 0 bridgehead atoms. The molecule has 2 amide bonds. The van der Waals surface area contributed by atoms with E-state index in [1.807, 2.05) is 61.5 Å². The Labute approximate surface area is 186 Å². The number of nitrogens with one attached hydrogen (secondary N) is 2. The van der Waals surface area contributed by atoms with Crippen molar-refractivity contribution in [2.24, 2.45) is 5.73 Å². The van der Waals surface area contributed by atoms with Gasteiger partial charge in [0.25, 0.3) is 0 Å². The largest absolute Gasteiger partial charge is 0.445 e.